The molecule has 0 aliphatic rings. The van der Waals surface area contributed by atoms with E-state index in [4.69, 9.17) is 0 Å². The Bertz CT molecular complexity index is 1160. The molecule has 0 saturated heterocycles. The van der Waals surface area contributed by atoms with Gasteiger partial charge in [-0.2, -0.15) is 10.4 Å². The third-order valence-electron chi connectivity index (χ3n) is 3.90. The van der Waals surface area contributed by atoms with Crippen molar-refractivity contribution in [3.8, 4) is 6.07 Å². The highest BCUT2D eigenvalue weighted by molar-refractivity contribution is 7.99. The molecule has 0 aliphatic carbocycles. The summed E-state index contributed by atoms with van der Waals surface area (Å²) in [5.74, 6) is -0.590. The molecule has 9 heteroatoms. The van der Waals surface area contributed by atoms with E-state index in [0.717, 1.165) is 16.4 Å². The molecule has 0 bridgehead atoms. The Labute approximate surface area is 170 Å². The van der Waals surface area contributed by atoms with Gasteiger partial charge in [-0.15, -0.1) is 0 Å². The minimum Gasteiger partial charge on any atom is -0.266 e. The van der Waals surface area contributed by atoms with Crippen molar-refractivity contribution in [2.75, 3.05) is 0 Å². The highest BCUT2D eigenvalue weighted by Crippen LogP contribution is 2.34. The first-order valence-corrected chi connectivity index (χ1v) is 9.28. The standard InChI is InChI=1S/C20H15N5O3S/c1-13-9-14(2)24(23-13)20(26)16(12-21)10-15-6-7-18(17(11-15)25(27)28)29-19-5-3-4-8-22-19/h3-11H,1-2H3/b16-10+. The molecule has 0 radical (unpaired) electrons. The largest absolute Gasteiger partial charge is 0.289 e. The van der Waals surface area contributed by atoms with Crippen LogP contribution in [0.4, 0.5) is 5.69 Å². The Balaban J connectivity index is 1.96. The van der Waals surface area contributed by atoms with Gasteiger partial charge in [0.1, 0.15) is 16.7 Å². The highest BCUT2D eigenvalue weighted by Gasteiger charge is 2.19. The van der Waals surface area contributed by atoms with Gasteiger partial charge in [-0.25, -0.2) is 9.67 Å². The van der Waals surface area contributed by atoms with E-state index in [1.54, 1.807) is 56.4 Å². The molecular formula is C20H15N5O3S. The van der Waals surface area contributed by atoms with Crippen molar-refractivity contribution in [3.63, 3.8) is 0 Å². The third kappa shape index (κ3) is 4.56. The summed E-state index contributed by atoms with van der Waals surface area (Å²) in [7, 11) is 0. The number of carbonyl (C=O) groups excluding carboxylic acids is 1. The van der Waals surface area contributed by atoms with Crippen molar-refractivity contribution in [1.82, 2.24) is 14.8 Å². The lowest BCUT2D eigenvalue weighted by Crippen LogP contribution is -2.15. The molecular weight excluding hydrogens is 390 g/mol. The van der Waals surface area contributed by atoms with Gasteiger partial charge in [-0.1, -0.05) is 23.9 Å². The Morgan fingerprint density at radius 2 is 2.07 bits per heavy atom. The van der Waals surface area contributed by atoms with Gasteiger partial charge in [0, 0.05) is 18.0 Å². The summed E-state index contributed by atoms with van der Waals surface area (Å²) >= 11 is 1.16. The topological polar surface area (TPSA) is 115 Å². The first-order chi connectivity index (χ1) is 13.9. The van der Waals surface area contributed by atoms with Gasteiger partial charge in [0.05, 0.1) is 15.5 Å². The SMILES string of the molecule is Cc1cc(C)n(C(=O)/C(C#N)=C/c2ccc(Sc3ccccn3)c([N+](=O)[O-])c2)n1. The minimum atomic E-state index is -0.590. The van der Waals surface area contributed by atoms with Crippen molar-refractivity contribution in [2.24, 2.45) is 0 Å². The van der Waals surface area contributed by atoms with Crippen LogP contribution in [0.3, 0.4) is 0 Å². The Kier molecular flexibility index (Phi) is 5.85. The van der Waals surface area contributed by atoms with Crippen molar-refractivity contribution in [3.05, 3.63) is 81.3 Å². The molecule has 3 aromatic rings. The number of aryl methyl sites for hydroxylation is 2. The van der Waals surface area contributed by atoms with E-state index in [1.807, 2.05) is 6.07 Å². The maximum Gasteiger partial charge on any atom is 0.289 e. The zero-order chi connectivity index (χ0) is 21.0. The number of rotatable bonds is 5. The number of allylic oxidation sites excluding steroid dienone is 1. The molecule has 0 amide bonds. The molecule has 0 atom stereocenters. The lowest BCUT2D eigenvalue weighted by molar-refractivity contribution is -0.387. The van der Waals surface area contributed by atoms with E-state index in [0.29, 0.717) is 26.9 Å². The zero-order valence-electron chi connectivity index (χ0n) is 15.6. The van der Waals surface area contributed by atoms with Crippen LogP contribution in [-0.2, 0) is 0 Å². The number of hydrogen-bond donors (Lipinski definition) is 0. The van der Waals surface area contributed by atoms with Crippen LogP contribution in [0.15, 0.2) is 64.2 Å². The zero-order valence-corrected chi connectivity index (χ0v) is 16.4. The molecule has 1 aromatic carbocycles. The first kappa shape index (κ1) is 20.0. The highest BCUT2D eigenvalue weighted by atomic mass is 32.2. The second-order valence-electron chi connectivity index (χ2n) is 6.07. The maximum atomic E-state index is 12.6. The van der Waals surface area contributed by atoms with Crippen molar-refractivity contribution in [2.45, 2.75) is 23.8 Å². The number of nitriles is 1. The predicted molar refractivity (Wildman–Crippen MR) is 107 cm³/mol. The summed E-state index contributed by atoms with van der Waals surface area (Å²) in [6.45, 7) is 3.45. The Hall–Kier alpha value is -3.77. The fourth-order valence-corrected chi connectivity index (χ4v) is 3.49. The number of benzene rings is 1. The summed E-state index contributed by atoms with van der Waals surface area (Å²) in [4.78, 5) is 28.2. The van der Waals surface area contributed by atoms with E-state index >= 15 is 0 Å². The third-order valence-corrected chi connectivity index (χ3v) is 4.91. The molecule has 29 heavy (non-hydrogen) atoms. The maximum absolute atomic E-state index is 12.6. The first-order valence-electron chi connectivity index (χ1n) is 8.46. The molecule has 144 valence electrons. The van der Waals surface area contributed by atoms with Crippen LogP contribution < -0.4 is 0 Å². The number of nitrogens with zero attached hydrogens (tertiary/aromatic N) is 5. The number of carbonyl (C=O) groups is 1. The van der Waals surface area contributed by atoms with Crippen LogP contribution in [0, 0.1) is 35.3 Å². The average Bonchev–Trinajstić information content (AvgIpc) is 3.05. The predicted octanol–water partition coefficient (Wildman–Crippen LogP) is 4.20. The van der Waals surface area contributed by atoms with Crippen molar-refractivity contribution < 1.29 is 9.72 Å². The van der Waals surface area contributed by atoms with Crippen LogP contribution in [0.5, 0.6) is 0 Å². The average molecular weight is 405 g/mol. The van der Waals surface area contributed by atoms with Gasteiger partial charge in [0.15, 0.2) is 0 Å². The Morgan fingerprint density at radius 1 is 1.28 bits per heavy atom. The second kappa shape index (κ2) is 8.50. The summed E-state index contributed by atoms with van der Waals surface area (Å²) in [6, 6.07) is 13.4. The van der Waals surface area contributed by atoms with Gasteiger partial charge in [0.25, 0.3) is 11.6 Å². The lowest BCUT2D eigenvalue weighted by atomic mass is 10.1. The molecule has 8 nitrogen and oxygen atoms in total. The van der Waals surface area contributed by atoms with Crippen LogP contribution >= 0.6 is 11.8 Å². The molecule has 0 saturated carbocycles. The summed E-state index contributed by atoms with van der Waals surface area (Å²) in [6.07, 6.45) is 2.93. The normalized spacial score (nSPS) is 11.1. The number of aromatic nitrogens is 3. The molecule has 2 heterocycles. The van der Waals surface area contributed by atoms with E-state index in [2.05, 4.69) is 10.1 Å². The van der Waals surface area contributed by atoms with Gasteiger partial charge in [-0.3, -0.25) is 14.9 Å². The minimum absolute atomic E-state index is 0.134. The van der Waals surface area contributed by atoms with Gasteiger partial charge in [0.2, 0.25) is 0 Å². The van der Waals surface area contributed by atoms with Crippen molar-refractivity contribution >= 4 is 29.4 Å². The molecule has 3 rings (SSSR count). The van der Waals surface area contributed by atoms with E-state index < -0.39 is 10.8 Å². The molecule has 0 unspecified atom stereocenters. The van der Waals surface area contributed by atoms with E-state index in [9.17, 15) is 20.2 Å². The number of hydrogen-bond acceptors (Lipinski definition) is 7. The van der Waals surface area contributed by atoms with Gasteiger partial charge in [-0.05, 0) is 49.8 Å². The van der Waals surface area contributed by atoms with Gasteiger partial charge >= 0.3 is 0 Å². The second-order valence-corrected chi connectivity index (χ2v) is 7.13. The fourth-order valence-electron chi connectivity index (χ4n) is 2.63. The number of nitro benzene ring substituents is 1. The summed E-state index contributed by atoms with van der Waals surface area (Å²) in [5, 5.41) is 25.7. The molecule has 0 aliphatic heterocycles. The quantitative estimate of drug-likeness (QED) is 0.270. The van der Waals surface area contributed by atoms with Crippen LogP contribution in [0.25, 0.3) is 6.08 Å². The summed E-state index contributed by atoms with van der Waals surface area (Å²) in [5.41, 5.74) is 1.32. The Morgan fingerprint density at radius 3 is 2.66 bits per heavy atom. The molecule has 0 N–H and O–H groups in total. The smallest absolute Gasteiger partial charge is 0.266 e. The van der Waals surface area contributed by atoms with E-state index in [-0.39, 0.29) is 11.3 Å². The van der Waals surface area contributed by atoms with E-state index in [1.165, 1.54) is 12.1 Å². The van der Waals surface area contributed by atoms with Gasteiger partial charge < -0.3 is 0 Å². The number of pyridine rings is 1. The van der Waals surface area contributed by atoms with Crippen LogP contribution in [0.1, 0.15) is 21.7 Å². The molecule has 0 spiro atoms. The fraction of sp³-hybridized carbons (Fsp3) is 0.100. The van der Waals surface area contributed by atoms with Crippen LogP contribution in [0.2, 0.25) is 0 Å². The molecule has 2 aromatic heterocycles. The summed E-state index contributed by atoms with van der Waals surface area (Å²) < 4.78 is 1.14. The number of nitro groups is 1. The monoisotopic (exact) mass is 405 g/mol. The lowest BCUT2D eigenvalue weighted by Gasteiger charge is -2.05. The van der Waals surface area contributed by atoms with Crippen LogP contribution in [-0.4, -0.2) is 25.6 Å². The van der Waals surface area contributed by atoms with Crippen molar-refractivity contribution in [1.29, 1.82) is 5.26 Å². The molecule has 0 fully saturated rings.